The Morgan fingerprint density at radius 2 is 2.12 bits per heavy atom. The number of aromatic hydroxyl groups is 1. The molecule has 26 heavy (non-hydrogen) atoms. The fourth-order valence-corrected chi connectivity index (χ4v) is 5.69. The summed E-state index contributed by atoms with van der Waals surface area (Å²) in [7, 11) is -3.43. The molecule has 144 valence electrons. The van der Waals surface area contributed by atoms with E-state index in [0.717, 1.165) is 10.0 Å². The van der Waals surface area contributed by atoms with Gasteiger partial charge in [-0.3, -0.25) is 0 Å². The number of hydrogen-bond donors (Lipinski definition) is 3. The average molecular weight is 445 g/mol. The molecule has 0 spiro atoms. The molecular weight excluding hydrogens is 420 g/mol. The summed E-state index contributed by atoms with van der Waals surface area (Å²) in [5, 5.41) is 29.0. The van der Waals surface area contributed by atoms with Crippen molar-refractivity contribution >= 4 is 31.8 Å². The van der Waals surface area contributed by atoms with Crippen molar-refractivity contribution in [1.82, 2.24) is 0 Å². The zero-order valence-corrected chi connectivity index (χ0v) is 17.3. The number of aliphatic hydroxyl groups is 2. The molecule has 1 aliphatic rings. The normalized spacial score (nSPS) is 21.3. The minimum absolute atomic E-state index is 0.0815. The fourth-order valence-electron chi connectivity index (χ4n) is 3.31. The maximum atomic E-state index is 12.2. The van der Waals surface area contributed by atoms with Crippen LogP contribution in [0.5, 0.6) is 5.75 Å². The molecule has 5 nitrogen and oxygen atoms in total. The standard InChI is InChI=1S/C19H25BrO5S/c1-3-13-11-26(24,25)18(10-21)19(13)17(23)6-4-12(2)8-14-9-15(20)5-7-16(14)22/h5,7-9,17-18,21-23H,3-4,6,10-11H2,1-2H3/b12-8+/t17-,18+/m1/s1. The lowest BCUT2D eigenvalue weighted by molar-refractivity contribution is 0.188. The first-order valence-electron chi connectivity index (χ1n) is 8.57. The molecule has 2 atom stereocenters. The highest BCUT2D eigenvalue weighted by Gasteiger charge is 2.40. The molecule has 1 aromatic carbocycles. The Bertz CT molecular complexity index is 826. The van der Waals surface area contributed by atoms with E-state index < -0.39 is 27.8 Å². The monoisotopic (exact) mass is 444 g/mol. The van der Waals surface area contributed by atoms with Crippen molar-refractivity contribution < 1.29 is 23.7 Å². The van der Waals surface area contributed by atoms with Crippen LogP contribution < -0.4 is 0 Å². The molecular formula is C19H25BrO5S. The highest BCUT2D eigenvalue weighted by molar-refractivity contribution is 9.10. The zero-order chi connectivity index (χ0) is 19.5. The molecule has 1 aliphatic heterocycles. The van der Waals surface area contributed by atoms with Gasteiger partial charge < -0.3 is 15.3 Å². The Hall–Kier alpha value is -1.15. The predicted octanol–water partition coefficient (Wildman–Crippen LogP) is 3.20. The number of benzene rings is 1. The van der Waals surface area contributed by atoms with Crippen molar-refractivity contribution in [3.8, 4) is 5.75 Å². The molecule has 0 aromatic heterocycles. The topological polar surface area (TPSA) is 94.8 Å². The number of hydrogen-bond acceptors (Lipinski definition) is 5. The second kappa shape index (κ2) is 8.69. The molecule has 0 bridgehead atoms. The van der Waals surface area contributed by atoms with E-state index in [4.69, 9.17) is 0 Å². The van der Waals surface area contributed by atoms with Gasteiger partial charge in [-0.1, -0.05) is 40.1 Å². The first kappa shape index (κ1) is 21.2. The minimum Gasteiger partial charge on any atom is -0.507 e. The van der Waals surface area contributed by atoms with Gasteiger partial charge in [-0.25, -0.2) is 8.42 Å². The predicted molar refractivity (Wildman–Crippen MR) is 107 cm³/mol. The van der Waals surface area contributed by atoms with Gasteiger partial charge in [-0.15, -0.1) is 0 Å². The smallest absolute Gasteiger partial charge is 0.163 e. The summed E-state index contributed by atoms with van der Waals surface area (Å²) in [5.74, 6) is 0.0910. The third-order valence-corrected chi connectivity index (χ3v) is 7.23. The van der Waals surface area contributed by atoms with Crippen LogP contribution in [-0.4, -0.2) is 47.5 Å². The number of aliphatic hydroxyl groups excluding tert-OH is 2. The van der Waals surface area contributed by atoms with Crippen LogP contribution in [0.2, 0.25) is 0 Å². The van der Waals surface area contributed by atoms with Gasteiger partial charge in [0.25, 0.3) is 0 Å². The summed E-state index contributed by atoms with van der Waals surface area (Å²) < 4.78 is 25.2. The largest absolute Gasteiger partial charge is 0.507 e. The third-order valence-electron chi connectivity index (χ3n) is 4.72. The summed E-state index contributed by atoms with van der Waals surface area (Å²) in [6.45, 7) is 3.26. The van der Waals surface area contributed by atoms with Crippen molar-refractivity contribution in [2.24, 2.45) is 0 Å². The number of rotatable bonds is 7. The van der Waals surface area contributed by atoms with Gasteiger partial charge in [-0.2, -0.15) is 0 Å². The third kappa shape index (κ3) is 4.76. The quantitative estimate of drug-likeness (QED) is 0.561. The molecule has 0 aliphatic carbocycles. The van der Waals surface area contributed by atoms with Gasteiger partial charge in [0, 0.05) is 10.0 Å². The minimum atomic E-state index is -3.43. The summed E-state index contributed by atoms with van der Waals surface area (Å²) in [6.07, 6.45) is 2.40. The summed E-state index contributed by atoms with van der Waals surface area (Å²) in [6, 6.07) is 5.16. The number of phenols is 1. The molecule has 7 heteroatoms. The summed E-state index contributed by atoms with van der Waals surface area (Å²) >= 11 is 3.37. The second-order valence-electron chi connectivity index (χ2n) is 6.64. The highest BCUT2D eigenvalue weighted by Crippen LogP contribution is 2.33. The van der Waals surface area contributed by atoms with Crippen LogP contribution in [0.1, 0.15) is 38.7 Å². The van der Waals surface area contributed by atoms with E-state index in [2.05, 4.69) is 15.9 Å². The van der Waals surface area contributed by atoms with Crippen molar-refractivity contribution in [3.05, 3.63) is 45.0 Å². The maximum Gasteiger partial charge on any atom is 0.163 e. The number of allylic oxidation sites excluding steroid dienone is 1. The first-order valence-corrected chi connectivity index (χ1v) is 11.1. The fraction of sp³-hybridized carbons (Fsp3) is 0.474. The Kier molecular flexibility index (Phi) is 7.07. The molecule has 0 saturated heterocycles. The van der Waals surface area contributed by atoms with E-state index in [1.165, 1.54) is 0 Å². The van der Waals surface area contributed by atoms with E-state index in [1.807, 2.05) is 19.9 Å². The number of phenolic OH excluding ortho intramolecular Hbond substituents is 1. The zero-order valence-electron chi connectivity index (χ0n) is 14.9. The van der Waals surface area contributed by atoms with E-state index in [1.54, 1.807) is 18.2 Å². The SMILES string of the molecule is CCC1=C([C@H](O)CC/C(C)=C/c2cc(Br)ccc2O)[C@H](CO)S(=O)(=O)C1. The van der Waals surface area contributed by atoms with Crippen LogP contribution in [0, 0.1) is 0 Å². The molecule has 0 unspecified atom stereocenters. The molecule has 0 amide bonds. The molecule has 0 radical (unpaired) electrons. The maximum absolute atomic E-state index is 12.2. The molecule has 0 saturated carbocycles. The highest BCUT2D eigenvalue weighted by atomic mass is 79.9. The van der Waals surface area contributed by atoms with Gasteiger partial charge in [0.15, 0.2) is 9.84 Å². The van der Waals surface area contributed by atoms with E-state index in [0.29, 0.717) is 36.0 Å². The lowest BCUT2D eigenvalue weighted by Gasteiger charge is -2.19. The van der Waals surface area contributed by atoms with Gasteiger partial charge in [-0.05, 0) is 50.0 Å². The Morgan fingerprint density at radius 3 is 2.73 bits per heavy atom. The van der Waals surface area contributed by atoms with Crippen LogP contribution in [0.25, 0.3) is 6.08 Å². The number of sulfone groups is 1. The van der Waals surface area contributed by atoms with Crippen molar-refractivity contribution in [2.75, 3.05) is 12.4 Å². The van der Waals surface area contributed by atoms with Gasteiger partial charge in [0.2, 0.25) is 0 Å². The van der Waals surface area contributed by atoms with E-state index in [9.17, 15) is 23.7 Å². The van der Waals surface area contributed by atoms with Crippen LogP contribution >= 0.6 is 15.9 Å². The van der Waals surface area contributed by atoms with Crippen molar-refractivity contribution in [2.45, 2.75) is 44.5 Å². The number of halogens is 1. The van der Waals surface area contributed by atoms with Crippen LogP contribution in [0.3, 0.4) is 0 Å². The lowest BCUT2D eigenvalue weighted by atomic mass is 9.94. The first-order chi connectivity index (χ1) is 12.2. The Labute approximate surface area is 163 Å². The van der Waals surface area contributed by atoms with Gasteiger partial charge in [0.05, 0.1) is 18.5 Å². The van der Waals surface area contributed by atoms with E-state index in [-0.39, 0.29) is 11.5 Å². The molecule has 3 N–H and O–H groups in total. The molecule has 0 fully saturated rings. The second-order valence-corrected chi connectivity index (χ2v) is 9.74. The summed E-state index contributed by atoms with van der Waals surface area (Å²) in [4.78, 5) is 0. The molecule has 1 heterocycles. The van der Waals surface area contributed by atoms with Crippen LogP contribution in [-0.2, 0) is 9.84 Å². The molecule has 1 aromatic rings. The lowest BCUT2D eigenvalue weighted by Crippen LogP contribution is -2.29. The van der Waals surface area contributed by atoms with Crippen molar-refractivity contribution in [3.63, 3.8) is 0 Å². The summed E-state index contributed by atoms with van der Waals surface area (Å²) in [5.41, 5.74) is 2.81. The average Bonchev–Trinajstić information content (AvgIpc) is 2.85. The van der Waals surface area contributed by atoms with Crippen LogP contribution in [0.15, 0.2) is 39.4 Å². The van der Waals surface area contributed by atoms with Crippen LogP contribution in [0.4, 0.5) is 0 Å². The van der Waals surface area contributed by atoms with Crippen molar-refractivity contribution in [1.29, 1.82) is 0 Å². The Balaban J connectivity index is 2.13. The molecule has 2 rings (SSSR count). The van der Waals surface area contributed by atoms with Gasteiger partial charge in [0.1, 0.15) is 11.0 Å². The van der Waals surface area contributed by atoms with Gasteiger partial charge >= 0.3 is 0 Å². The van der Waals surface area contributed by atoms with E-state index >= 15 is 0 Å². The Morgan fingerprint density at radius 1 is 1.42 bits per heavy atom.